The molecule has 1 heterocycles. The van der Waals surface area contributed by atoms with Gasteiger partial charge >= 0.3 is 0 Å². The van der Waals surface area contributed by atoms with Crippen LogP contribution in [0, 0.1) is 0 Å². The highest BCUT2D eigenvalue weighted by molar-refractivity contribution is 5.37. The highest BCUT2D eigenvalue weighted by Gasteiger charge is 2.07. The molecule has 3 nitrogen and oxygen atoms in total. The van der Waals surface area contributed by atoms with E-state index in [-0.39, 0.29) is 0 Å². The molecular formula is C15H27N3. The van der Waals surface area contributed by atoms with E-state index in [4.69, 9.17) is 4.98 Å². The van der Waals surface area contributed by atoms with Crippen molar-refractivity contribution in [1.29, 1.82) is 0 Å². The number of hydrogen-bond donors (Lipinski definition) is 0. The average Bonchev–Trinajstić information content (AvgIpc) is 2.41. The topological polar surface area (TPSA) is 29.0 Å². The maximum absolute atomic E-state index is 4.70. The SMILES string of the molecule is CCCCc1nccc(N(CCC)CCCC)n1. The minimum Gasteiger partial charge on any atom is -0.357 e. The molecule has 3 heteroatoms. The summed E-state index contributed by atoms with van der Waals surface area (Å²) in [5, 5.41) is 0. The number of hydrogen-bond acceptors (Lipinski definition) is 3. The van der Waals surface area contributed by atoms with E-state index in [0.717, 1.165) is 37.6 Å². The minimum atomic E-state index is 0.993. The first-order valence-corrected chi connectivity index (χ1v) is 7.38. The van der Waals surface area contributed by atoms with Crippen LogP contribution in [0.4, 0.5) is 5.82 Å². The zero-order valence-corrected chi connectivity index (χ0v) is 12.2. The summed E-state index contributed by atoms with van der Waals surface area (Å²) < 4.78 is 0. The Bertz CT molecular complexity index is 325. The first kappa shape index (κ1) is 14.9. The van der Waals surface area contributed by atoms with Crippen molar-refractivity contribution in [3.8, 4) is 0 Å². The number of aryl methyl sites for hydroxylation is 1. The second-order valence-corrected chi connectivity index (χ2v) is 4.78. The summed E-state index contributed by atoms with van der Waals surface area (Å²) in [6, 6.07) is 2.04. The van der Waals surface area contributed by atoms with Crippen LogP contribution in [-0.4, -0.2) is 23.1 Å². The van der Waals surface area contributed by atoms with Gasteiger partial charge in [-0.05, 0) is 25.3 Å². The van der Waals surface area contributed by atoms with Crippen molar-refractivity contribution in [3.05, 3.63) is 18.1 Å². The van der Waals surface area contributed by atoms with Crippen molar-refractivity contribution in [2.45, 2.75) is 59.3 Å². The van der Waals surface area contributed by atoms with Crippen molar-refractivity contribution >= 4 is 5.82 Å². The van der Waals surface area contributed by atoms with E-state index in [9.17, 15) is 0 Å². The standard InChI is InChI=1S/C15H27N3/c1-4-7-9-14-16-11-10-15(17-14)18(12-6-3)13-8-5-2/h10-11H,4-9,12-13H2,1-3H3. The Morgan fingerprint density at radius 1 is 1.00 bits per heavy atom. The van der Waals surface area contributed by atoms with Crippen LogP contribution >= 0.6 is 0 Å². The van der Waals surface area contributed by atoms with E-state index < -0.39 is 0 Å². The predicted octanol–water partition coefficient (Wildman–Crippen LogP) is 3.84. The Hall–Kier alpha value is -1.12. The van der Waals surface area contributed by atoms with Crippen LogP contribution in [0.1, 0.15) is 58.7 Å². The lowest BCUT2D eigenvalue weighted by atomic mass is 10.2. The van der Waals surface area contributed by atoms with Gasteiger partial charge in [0.25, 0.3) is 0 Å². The molecule has 0 saturated heterocycles. The van der Waals surface area contributed by atoms with Crippen molar-refractivity contribution in [1.82, 2.24) is 9.97 Å². The zero-order chi connectivity index (χ0) is 13.2. The number of anilines is 1. The van der Waals surface area contributed by atoms with Crippen LogP contribution in [-0.2, 0) is 6.42 Å². The van der Waals surface area contributed by atoms with Gasteiger partial charge in [0.15, 0.2) is 0 Å². The molecule has 1 aromatic heterocycles. The molecule has 0 aliphatic carbocycles. The van der Waals surface area contributed by atoms with Crippen LogP contribution < -0.4 is 4.90 Å². The van der Waals surface area contributed by atoms with E-state index >= 15 is 0 Å². The largest absolute Gasteiger partial charge is 0.357 e. The molecule has 1 aromatic rings. The summed E-state index contributed by atoms with van der Waals surface area (Å²) in [7, 11) is 0. The second-order valence-electron chi connectivity index (χ2n) is 4.78. The Kier molecular flexibility index (Phi) is 7.38. The van der Waals surface area contributed by atoms with Crippen LogP contribution in [0.15, 0.2) is 12.3 Å². The summed E-state index contributed by atoms with van der Waals surface area (Å²) in [5.41, 5.74) is 0. The molecule has 0 N–H and O–H groups in total. The molecule has 0 unspecified atom stereocenters. The molecule has 18 heavy (non-hydrogen) atoms. The van der Waals surface area contributed by atoms with E-state index in [1.54, 1.807) is 0 Å². The van der Waals surface area contributed by atoms with Gasteiger partial charge in [0, 0.05) is 25.7 Å². The zero-order valence-electron chi connectivity index (χ0n) is 12.2. The molecule has 0 aromatic carbocycles. The third-order valence-corrected chi connectivity index (χ3v) is 3.04. The molecule has 0 radical (unpaired) electrons. The second kappa shape index (κ2) is 8.90. The Labute approximate surface area is 112 Å². The van der Waals surface area contributed by atoms with Gasteiger partial charge in [0.1, 0.15) is 11.6 Å². The van der Waals surface area contributed by atoms with Crippen molar-refractivity contribution < 1.29 is 0 Å². The van der Waals surface area contributed by atoms with Gasteiger partial charge in [-0.15, -0.1) is 0 Å². The van der Waals surface area contributed by atoms with Gasteiger partial charge in [-0.3, -0.25) is 0 Å². The summed E-state index contributed by atoms with van der Waals surface area (Å²) in [4.78, 5) is 11.4. The average molecular weight is 249 g/mol. The fourth-order valence-electron chi connectivity index (χ4n) is 1.98. The maximum Gasteiger partial charge on any atom is 0.132 e. The minimum absolute atomic E-state index is 0.993. The van der Waals surface area contributed by atoms with E-state index in [0.29, 0.717) is 0 Å². The third kappa shape index (κ3) is 5.03. The van der Waals surface area contributed by atoms with Crippen LogP contribution in [0.5, 0.6) is 0 Å². The van der Waals surface area contributed by atoms with Gasteiger partial charge in [-0.1, -0.05) is 33.6 Å². The molecule has 0 aliphatic rings. The van der Waals surface area contributed by atoms with Crippen LogP contribution in [0.2, 0.25) is 0 Å². The summed E-state index contributed by atoms with van der Waals surface area (Å²) >= 11 is 0. The molecule has 0 fully saturated rings. The fourth-order valence-corrected chi connectivity index (χ4v) is 1.98. The molecule has 0 aliphatic heterocycles. The highest BCUT2D eigenvalue weighted by atomic mass is 15.2. The van der Waals surface area contributed by atoms with Crippen LogP contribution in [0.3, 0.4) is 0 Å². The number of aromatic nitrogens is 2. The summed E-state index contributed by atoms with van der Waals surface area (Å²) in [5.74, 6) is 2.10. The molecule has 0 atom stereocenters. The van der Waals surface area contributed by atoms with Gasteiger partial charge in [0.2, 0.25) is 0 Å². The smallest absolute Gasteiger partial charge is 0.132 e. The van der Waals surface area contributed by atoms with Gasteiger partial charge in [0.05, 0.1) is 0 Å². The molecule has 0 spiro atoms. The molecule has 0 amide bonds. The maximum atomic E-state index is 4.70. The number of unbranched alkanes of at least 4 members (excludes halogenated alkanes) is 2. The summed E-state index contributed by atoms with van der Waals surface area (Å²) in [6.07, 6.45) is 8.90. The van der Waals surface area contributed by atoms with E-state index in [1.807, 2.05) is 12.3 Å². The van der Waals surface area contributed by atoms with Crippen molar-refractivity contribution in [3.63, 3.8) is 0 Å². The lowest BCUT2D eigenvalue weighted by Crippen LogP contribution is -2.26. The lowest BCUT2D eigenvalue weighted by molar-refractivity contribution is 0.686. The van der Waals surface area contributed by atoms with E-state index in [1.165, 1.54) is 25.7 Å². The molecule has 0 saturated carbocycles. The summed E-state index contributed by atoms with van der Waals surface area (Å²) in [6.45, 7) is 8.85. The Balaban J connectivity index is 2.70. The number of nitrogens with zero attached hydrogens (tertiary/aromatic N) is 3. The van der Waals surface area contributed by atoms with Gasteiger partial charge in [-0.25, -0.2) is 9.97 Å². The molecular weight excluding hydrogens is 222 g/mol. The molecule has 0 bridgehead atoms. The normalized spacial score (nSPS) is 10.6. The Morgan fingerprint density at radius 3 is 2.44 bits per heavy atom. The van der Waals surface area contributed by atoms with Gasteiger partial charge in [-0.2, -0.15) is 0 Å². The number of rotatable bonds is 9. The predicted molar refractivity (Wildman–Crippen MR) is 78.1 cm³/mol. The van der Waals surface area contributed by atoms with Gasteiger partial charge < -0.3 is 4.90 Å². The van der Waals surface area contributed by atoms with E-state index in [2.05, 4.69) is 30.7 Å². The quantitative estimate of drug-likeness (QED) is 0.666. The first-order chi connectivity index (χ1) is 8.81. The first-order valence-electron chi connectivity index (χ1n) is 7.38. The monoisotopic (exact) mass is 249 g/mol. The highest BCUT2D eigenvalue weighted by Crippen LogP contribution is 2.12. The van der Waals surface area contributed by atoms with Crippen LogP contribution in [0.25, 0.3) is 0 Å². The fraction of sp³-hybridized carbons (Fsp3) is 0.733. The molecule has 1 rings (SSSR count). The molecule has 102 valence electrons. The van der Waals surface area contributed by atoms with Crippen molar-refractivity contribution in [2.24, 2.45) is 0 Å². The lowest BCUT2D eigenvalue weighted by Gasteiger charge is -2.23. The third-order valence-electron chi connectivity index (χ3n) is 3.04. The van der Waals surface area contributed by atoms with Crippen molar-refractivity contribution in [2.75, 3.05) is 18.0 Å². The Morgan fingerprint density at radius 2 is 1.78 bits per heavy atom.